The number of anilines is 1. The minimum absolute atomic E-state index is 0.269. The number of aromatic nitrogens is 1. The van der Waals surface area contributed by atoms with Gasteiger partial charge in [-0.1, -0.05) is 18.2 Å². The summed E-state index contributed by atoms with van der Waals surface area (Å²) in [4.78, 5) is 27.2. The number of fused-ring (bicyclic) bond motifs is 1. The van der Waals surface area contributed by atoms with Gasteiger partial charge in [0.25, 0.3) is 5.91 Å². The number of carbonyl (C=O) groups is 2. The highest BCUT2D eigenvalue weighted by Crippen LogP contribution is 2.32. The summed E-state index contributed by atoms with van der Waals surface area (Å²) in [6.45, 7) is 1.65. The van der Waals surface area contributed by atoms with Crippen LogP contribution in [-0.2, 0) is 20.7 Å². The Labute approximate surface area is 180 Å². The van der Waals surface area contributed by atoms with Crippen LogP contribution in [0.2, 0.25) is 0 Å². The number of aromatic amines is 1. The number of amides is 1. The van der Waals surface area contributed by atoms with Crippen LogP contribution in [0.25, 0.3) is 10.9 Å². The minimum atomic E-state index is -0.379. The Morgan fingerprint density at radius 3 is 2.61 bits per heavy atom. The fraction of sp³-hybridized carbons (Fsp3) is 0.238. The van der Waals surface area contributed by atoms with Gasteiger partial charge < -0.3 is 15.0 Å². The van der Waals surface area contributed by atoms with E-state index < -0.39 is 0 Å². The molecule has 3 rings (SSSR count). The normalized spacial score (nSPS) is 10.8. The Hall–Kier alpha value is -2.12. The molecule has 7 heteroatoms. The number of hydrogen-bond donors (Lipinski definition) is 2. The van der Waals surface area contributed by atoms with Crippen molar-refractivity contribution in [2.24, 2.45) is 0 Å². The topological polar surface area (TPSA) is 71.2 Å². The number of carbonyl (C=O) groups excluding carboxylic acids is 2. The molecule has 0 bridgehead atoms. The Balaban J connectivity index is 1.43. The first-order valence-electron chi connectivity index (χ1n) is 8.90. The lowest BCUT2D eigenvalue weighted by atomic mass is 10.1. The van der Waals surface area contributed by atoms with Crippen LogP contribution in [0.4, 0.5) is 5.69 Å². The molecule has 1 heterocycles. The van der Waals surface area contributed by atoms with Gasteiger partial charge in [-0.05, 0) is 81.0 Å². The number of aryl methyl sites for hydroxylation is 2. The second-order valence-corrected chi connectivity index (χ2v) is 8.23. The molecule has 1 aromatic heterocycles. The maximum Gasteiger partial charge on any atom is 0.306 e. The number of para-hydroxylation sites is 1. The molecule has 0 aliphatic carbocycles. The summed E-state index contributed by atoms with van der Waals surface area (Å²) in [6, 6.07) is 11.9. The summed E-state index contributed by atoms with van der Waals surface area (Å²) in [6.07, 6.45) is 3.68. The van der Waals surface area contributed by atoms with Crippen LogP contribution < -0.4 is 5.32 Å². The number of esters is 1. The molecule has 1 amide bonds. The summed E-state index contributed by atoms with van der Waals surface area (Å²) < 4.78 is 6.62. The van der Waals surface area contributed by atoms with Gasteiger partial charge in [-0.3, -0.25) is 9.59 Å². The average Bonchev–Trinajstić information content (AvgIpc) is 3.06. The molecule has 0 fully saturated rings. The van der Waals surface area contributed by atoms with Gasteiger partial charge in [-0.15, -0.1) is 0 Å². The number of halogens is 2. The summed E-state index contributed by atoms with van der Waals surface area (Å²) in [5.41, 5.74) is 3.93. The third-order valence-electron chi connectivity index (χ3n) is 4.32. The lowest BCUT2D eigenvalue weighted by molar-refractivity contribution is -0.147. The Kier molecular flexibility index (Phi) is 6.91. The highest BCUT2D eigenvalue weighted by Gasteiger charge is 2.13. The molecule has 5 nitrogen and oxygen atoms in total. The second-order valence-electron chi connectivity index (χ2n) is 6.53. The van der Waals surface area contributed by atoms with Gasteiger partial charge >= 0.3 is 5.97 Å². The van der Waals surface area contributed by atoms with Crippen molar-refractivity contribution in [3.05, 3.63) is 62.7 Å². The molecule has 0 unspecified atom stereocenters. The van der Waals surface area contributed by atoms with Crippen molar-refractivity contribution < 1.29 is 14.3 Å². The van der Waals surface area contributed by atoms with E-state index in [9.17, 15) is 9.59 Å². The van der Waals surface area contributed by atoms with Crippen molar-refractivity contribution in [1.82, 2.24) is 4.98 Å². The first-order chi connectivity index (χ1) is 13.4. The lowest BCUT2D eigenvalue weighted by Crippen LogP contribution is -2.21. The molecule has 2 aromatic carbocycles. The van der Waals surface area contributed by atoms with Crippen LogP contribution in [0.15, 0.2) is 51.5 Å². The van der Waals surface area contributed by atoms with E-state index in [1.807, 2.05) is 43.5 Å². The van der Waals surface area contributed by atoms with Gasteiger partial charge in [0, 0.05) is 32.5 Å². The first-order valence-corrected chi connectivity index (χ1v) is 10.5. The van der Waals surface area contributed by atoms with Crippen LogP contribution in [0, 0.1) is 6.92 Å². The lowest BCUT2D eigenvalue weighted by Gasteiger charge is -2.11. The Morgan fingerprint density at radius 2 is 1.86 bits per heavy atom. The number of H-pyrrole nitrogens is 1. The number of rotatable bonds is 7. The summed E-state index contributed by atoms with van der Waals surface area (Å²) >= 11 is 6.84. The molecule has 0 aliphatic heterocycles. The van der Waals surface area contributed by atoms with Crippen molar-refractivity contribution in [3.8, 4) is 0 Å². The zero-order valence-electron chi connectivity index (χ0n) is 15.4. The van der Waals surface area contributed by atoms with Crippen LogP contribution in [-0.4, -0.2) is 23.5 Å². The Bertz CT molecular complexity index is 991. The van der Waals surface area contributed by atoms with Crippen molar-refractivity contribution in [3.63, 3.8) is 0 Å². The molecule has 0 atom stereocenters. The molecule has 0 saturated heterocycles. The zero-order valence-corrected chi connectivity index (χ0v) is 18.5. The fourth-order valence-electron chi connectivity index (χ4n) is 2.97. The summed E-state index contributed by atoms with van der Waals surface area (Å²) in [5, 5.41) is 3.92. The molecule has 28 heavy (non-hydrogen) atoms. The van der Waals surface area contributed by atoms with E-state index in [1.165, 1.54) is 10.9 Å². The number of nitrogens with one attached hydrogen (secondary N) is 2. The molecule has 0 saturated carbocycles. The van der Waals surface area contributed by atoms with Crippen molar-refractivity contribution >= 4 is 60.3 Å². The number of hydrogen-bond acceptors (Lipinski definition) is 3. The van der Waals surface area contributed by atoms with E-state index in [-0.39, 0.29) is 24.9 Å². The molecular formula is C21H20Br2N2O3. The van der Waals surface area contributed by atoms with E-state index in [0.29, 0.717) is 12.1 Å². The standard InChI is InChI=1S/C21H20Br2N2O3/c1-13-9-16(22)21(17(23)10-13)25-19(26)12-28-20(27)8-4-5-14-11-24-18-7-3-2-6-15(14)18/h2-3,6-7,9-11,24H,4-5,8,12H2,1H3,(H,25,26). The SMILES string of the molecule is Cc1cc(Br)c(NC(=O)COC(=O)CCCc2c[nH]c3ccccc23)c(Br)c1. The number of ether oxygens (including phenoxy) is 1. The van der Waals surface area contributed by atoms with Crippen molar-refractivity contribution in [1.29, 1.82) is 0 Å². The average molecular weight is 508 g/mol. The molecule has 0 spiro atoms. The molecule has 146 valence electrons. The second kappa shape index (κ2) is 9.39. The number of benzene rings is 2. The van der Waals surface area contributed by atoms with Crippen LogP contribution in [0.3, 0.4) is 0 Å². The van der Waals surface area contributed by atoms with Gasteiger partial charge in [-0.2, -0.15) is 0 Å². The zero-order chi connectivity index (χ0) is 20.1. The fourth-order valence-corrected chi connectivity index (χ4v) is 4.59. The molecule has 2 N–H and O–H groups in total. The maximum absolute atomic E-state index is 12.1. The largest absolute Gasteiger partial charge is 0.456 e. The van der Waals surface area contributed by atoms with E-state index in [0.717, 1.165) is 26.4 Å². The van der Waals surface area contributed by atoms with Gasteiger partial charge in [-0.25, -0.2) is 0 Å². The summed E-state index contributed by atoms with van der Waals surface area (Å²) in [7, 11) is 0. The monoisotopic (exact) mass is 506 g/mol. The van der Waals surface area contributed by atoms with E-state index >= 15 is 0 Å². The van der Waals surface area contributed by atoms with Crippen molar-refractivity contribution in [2.75, 3.05) is 11.9 Å². The predicted molar refractivity (Wildman–Crippen MR) is 117 cm³/mol. The van der Waals surface area contributed by atoms with Gasteiger partial charge in [0.1, 0.15) is 0 Å². The smallest absolute Gasteiger partial charge is 0.306 e. The van der Waals surface area contributed by atoms with Gasteiger partial charge in [0.2, 0.25) is 0 Å². The van der Waals surface area contributed by atoms with Crippen LogP contribution in [0.5, 0.6) is 0 Å². The predicted octanol–water partition coefficient (Wildman–Crippen LogP) is 5.51. The highest BCUT2D eigenvalue weighted by atomic mass is 79.9. The first kappa shape index (κ1) is 20.6. The summed E-state index contributed by atoms with van der Waals surface area (Å²) in [5.74, 6) is -0.757. The highest BCUT2D eigenvalue weighted by molar-refractivity contribution is 9.11. The van der Waals surface area contributed by atoms with E-state index in [2.05, 4.69) is 48.2 Å². The van der Waals surface area contributed by atoms with Crippen LogP contribution >= 0.6 is 31.9 Å². The molecule has 3 aromatic rings. The van der Waals surface area contributed by atoms with Gasteiger partial charge in [0.05, 0.1) is 5.69 Å². The third kappa shape index (κ3) is 5.23. The molecule has 0 radical (unpaired) electrons. The quantitative estimate of drug-likeness (QED) is 0.414. The van der Waals surface area contributed by atoms with Gasteiger partial charge in [0.15, 0.2) is 6.61 Å². The minimum Gasteiger partial charge on any atom is -0.456 e. The molecule has 0 aliphatic rings. The Morgan fingerprint density at radius 1 is 1.14 bits per heavy atom. The third-order valence-corrected chi connectivity index (χ3v) is 5.57. The molecular weight excluding hydrogens is 488 g/mol. The van der Waals surface area contributed by atoms with E-state index in [1.54, 1.807) is 0 Å². The maximum atomic E-state index is 12.1. The van der Waals surface area contributed by atoms with E-state index in [4.69, 9.17) is 4.74 Å². The van der Waals surface area contributed by atoms with Crippen LogP contribution in [0.1, 0.15) is 24.0 Å². The van der Waals surface area contributed by atoms with Crippen molar-refractivity contribution in [2.45, 2.75) is 26.2 Å².